The van der Waals surface area contributed by atoms with Gasteiger partial charge in [-0.2, -0.15) is 9.36 Å². The number of amides is 3. The summed E-state index contributed by atoms with van der Waals surface area (Å²) in [5.41, 5.74) is 3.83. The van der Waals surface area contributed by atoms with Gasteiger partial charge in [0.05, 0.1) is 5.69 Å². The van der Waals surface area contributed by atoms with Gasteiger partial charge in [0, 0.05) is 73.7 Å². The van der Waals surface area contributed by atoms with E-state index < -0.39 is 0 Å². The van der Waals surface area contributed by atoms with E-state index in [1.165, 1.54) is 31.2 Å². The second-order valence-electron chi connectivity index (χ2n) is 9.99. The molecule has 0 saturated carbocycles. The Morgan fingerprint density at radius 1 is 0.864 bits per heavy atom. The molecule has 2 aromatic heterocycles. The maximum atomic E-state index is 13.7. The van der Waals surface area contributed by atoms with Crippen molar-refractivity contribution in [2.45, 2.75) is 25.7 Å². The number of carbonyl (C=O) groups excluding carboxylic acids is 2. The Morgan fingerprint density at radius 2 is 1.52 bits per heavy atom. The van der Waals surface area contributed by atoms with Crippen LogP contribution in [-0.4, -0.2) is 49.3 Å². The fourth-order valence-corrected chi connectivity index (χ4v) is 5.27. The average Bonchev–Trinajstić information content (AvgIpc) is 3.49. The quantitative estimate of drug-likeness (QED) is 0.175. The molecular formula is C32H29F2N7O2S. The largest absolute Gasteiger partial charge is 0.326 e. The van der Waals surface area contributed by atoms with Crippen molar-refractivity contribution < 1.29 is 18.4 Å². The Bertz CT molecular complexity index is 1640. The maximum absolute atomic E-state index is 13.7. The van der Waals surface area contributed by atoms with E-state index in [4.69, 9.17) is 0 Å². The van der Waals surface area contributed by atoms with Crippen LogP contribution in [0.3, 0.4) is 0 Å². The molecule has 3 amide bonds. The molecule has 0 bridgehead atoms. The number of aromatic nitrogens is 4. The summed E-state index contributed by atoms with van der Waals surface area (Å²) >= 11 is 1.06. The lowest BCUT2D eigenvalue weighted by Crippen LogP contribution is -2.38. The summed E-state index contributed by atoms with van der Waals surface area (Å²) in [7, 11) is 0. The number of urea groups is 1. The van der Waals surface area contributed by atoms with Crippen LogP contribution < -0.4 is 10.6 Å². The monoisotopic (exact) mass is 613 g/mol. The van der Waals surface area contributed by atoms with Crippen molar-refractivity contribution in [1.29, 1.82) is 0 Å². The summed E-state index contributed by atoms with van der Waals surface area (Å²) in [5.74, 6) is -0.636. The van der Waals surface area contributed by atoms with E-state index in [0.29, 0.717) is 42.6 Å². The first-order chi connectivity index (χ1) is 21.3. The molecule has 5 aromatic rings. The molecule has 0 saturated heterocycles. The lowest BCUT2D eigenvalue weighted by molar-refractivity contribution is -0.114. The fraction of sp³-hybridized carbons (Fsp3) is 0.188. The number of nitrogens with one attached hydrogen (secondary N) is 2. The number of hydrogen-bond acceptors (Lipinski definition) is 7. The van der Waals surface area contributed by atoms with E-state index >= 15 is 0 Å². The molecule has 0 aliphatic rings. The third kappa shape index (κ3) is 8.26. The number of halogens is 2. The zero-order chi connectivity index (χ0) is 30.9. The van der Waals surface area contributed by atoms with Crippen molar-refractivity contribution in [1.82, 2.24) is 24.2 Å². The lowest BCUT2D eigenvalue weighted by Gasteiger charge is -2.26. The third-order valence-electron chi connectivity index (χ3n) is 6.88. The first-order valence-corrected chi connectivity index (χ1v) is 14.6. The predicted octanol–water partition coefficient (Wildman–Crippen LogP) is 6.53. The van der Waals surface area contributed by atoms with Crippen LogP contribution >= 0.6 is 11.5 Å². The molecule has 2 heterocycles. The predicted molar refractivity (Wildman–Crippen MR) is 165 cm³/mol. The number of rotatable bonds is 11. The van der Waals surface area contributed by atoms with Crippen molar-refractivity contribution in [3.05, 3.63) is 120 Å². The minimum atomic E-state index is -0.366. The molecule has 0 atom stereocenters. The molecule has 0 aliphatic heterocycles. The summed E-state index contributed by atoms with van der Waals surface area (Å²) in [6.45, 7) is 2.12. The molecule has 0 fully saturated rings. The molecule has 5 rings (SSSR count). The molecule has 9 nitrogen and oxygen atoms in total. The first-order valence-electron chi connectivity index (χ1n) is 13.9. The number of carbonyl (C=O) groups is 2. The van der Waals surface area contributed by atoms with E-state index in [2.05, 4.69) is 30.0 Å². The summed E-state index contributed by atoms with van der Waals surface area (Å²) < 4.78 is 31.8. The van der Waals surface area contributed by atoms with Crippen molar-refractivity contribution in [3.63, 3.8) is 0 Å². The number of benzene rings is 3. The van der Waals surface area contributed by atoms with Crippen LogP contribution in [-0.2, 0) is 11.2 Å². The Hall–Kier alpha value is -5.10. The highest BCUT2D eigenvalue weighted by molar-refractivity contribution is 7.10. The molecule has 0 spiro atoms. The molecule has 12 heteroatoms. The van der Waals surface area contributed by atoms with Gasteiger partial charge in [0.15, 0.2) is 5.82 Å². The second-order valence-corrected chi connectivity index (χ2v) is 10.7. The van der Waals surface area contributed by atoms with Crippen LogP contribution in [0.5, 0.6) is 0 Å². The highest BCUT2D eigenvalue weighted by Crippen LogP contribution is 2.29. The zero-order valence-corrected chi connectivity index (χ0v) is 24.6. The van der Waals surface area contributed by atoms with Gasteiger partial charge in [-0.3, -0.25) is 20.1 Å². The van der Waals surface area contributed by atoms with E-state index in [0.717, 1.165) is 33.9 Å². The van der Waals surface area contributed by atoms with Crippen molar-refractivity contribution in [2.75, 3.05) is 23.7 Å². The molecule has 2 N–H and O–H groups in total. The van der Waals surface area contributed by atoms with Gasteiger partial charge in [-0.25, -0.2) is 13.6 Å². The van der Waals surface area contributed by atoms with Crippen LogP contribution in [0, 0.1) is 11.6 Å². The van der Waals surface area contributed by atoms with Gasteiger partial charge < -0.3 is 10.2 Å². The van der Waals surface area contributed by atoms with E-state index in [1.807, 2.05) is 0 Å². The molecule has 44 heavy (non-hydrogen) atoms. The summed E-state index contributed by atoms with van der Waals surface area (Å²) in [6.07, 6.45) is 5.81. The van der Waals surface area contributed by atoms with Gasteiger partial charge in [-0.15, -0.1) is 0 Å². The Kier molecular flexibility index (Phi) is 9.92. The summed E-state index contributed by atoms with van der Waals surface area (Å²) in [6, 6.07) is 19.1. The summed E-state index contributed by atoms with van der Waals surface area (Å²) in [4.78, 5) is 39.5. The Morgan fingerprint density at radius 3 is 2.11 bits per heavy atom. The number of anilines is 2. The van der Waals surface area contributed by atoms with Crippen LogP contribution in [0.15, 0.2) is 91.4 Å². The van der Waals surface area contributed by atoms with Crippen LogP contribution in [0.1, 0.15) is 36.1 Å². The molecule has 0 radical (unpaired) electrons. The second kappa shape index (κ2) is 14.4. The van der Waals surface area contributed by atoms with Crippen LogP contribution in [0.2, 0.25) is 0 Å². The zero-order valence-electron chi connectivity index (χ0n) is 23.8. The lowest BCUT2D eigenvalue weighted by atomic mass is 9.88. The highest BCUT2D eigenvalue weighted by Gasteiger charge is 2.21. The average molecular weight is 614 g/mol. The molecular weight excluding hydrogens is 584 g/mol. The van der Waals surface area contributed by atoms with Gasteiger partial charge >= 0.3 is 6.03 Å². The molecule has 0 aliphatic carbocycles. The number of hydrogen-bond donors (Lipinski definition) is 2. The molecule has 0 unspecified atom stereocenters. The number of nitrogens with zero attached hydrogens (tertiary/aromatic N) is 5. The highest BCUT2D eigenvalue weighted by atomic mass is 32.1. The minimum absolute atomic E-state index is 0.167. The van der Waals surface area contributed by atoms with Gasteiger partial charge in [-0.1, -0.05) is 24.3 Å². The van der Waals surface area contributed by atoms with E-state index in [9.17, 15) is 18.4 Å². The van der Waals surface area contributed by atoms with E-state index in [-0.39, 0.29) is 29.5 Å². The summed E-state index contributed by atoms with van der Waals surface area (Å²) in [5, 5.41) is 5.91. The third-order valence-corrected chi connectivity index (χ3v) is 7.51. The topological polar surface area (TPSA) is 113 Å². The van der Waals surface area contributed by atoms with Crippen molar-refractivity contribution >= 4 is 34.3 Å². The van der Waals surface area contributed by atoms with Crippen LogP contribution in [0.25, 0.3) is 11.4 Å². The Labute approximate surface area is 257 Å². The van der Waals surface area contributed by atoms with Gasteiger partial charge in [0.2, 0.25) is 11.0 Å². The van der Waals surface area contributed by atoms with Crippen molar-refractivity contribution in [3.8, 4) is 11.4 Å². The first kappa shape index (κ1) is 30.4. The van der Waals surface area contributed by atoms with Crippen LogP contribution in [0.4, 0.5) is 24.4 Å². The SMILES string of the molecule is CC(=O)Nc1ccc(-c2nsc(NC(=O)N(CCc3cnccn3)CCC(c3ccc(F)cc3)c3ccc(F)cc3)n2)cc1. The van der Waals surface area contributed by atoms with Gasteiger partial charge in [-0.05, 0) is 66.1 Å². The molecule has 224 valence electrons. The van der Waals surface area contributed by atoms with Gasteiger partial charge in [0.1, 0.15) is 11.6 Å². The maximum Gasteiger partial charge on any atom is 0.323 e. The minimum Gasteiger partial charge on any atom is -0.326 e. The fourth-order valence-electron chi connectivity index (χ4n) is 4.69. The normalized spacial score (nSPS) is 10.9. The van der Waals surface area contributed by atoms with E-state index in [1.54, 1.807) is 72.0 Å². The Balaban J connectivity index is 1.33. The smallest absolute Gasteiger partial charge is 0.323 e. The van der Waals surface area contributed by atoms with Gasteiger partial charge in [0.25, 0.3) is 0 Å². The standard InChI is InChI=1S/C32H29F2N7O2S/c1-21(42)37-27-12-6-24(7-13-27)30-38-31(44-40-30)39-32(43)41(18-14-28-20-35-16-17-36-28)19-15-29(22-2-8-25(33)9-3-22)23-4-10-26(34)11-5-23/h2-13,16-17,20,29H,14-15,18-19H2,1H3,(H,37,42)(H,38,39,40,43). The van der Waals surface area contributed by atoms with Crippen molar-refractivity contribution in [2.24, 2.45) is 0 Å². The molecule has 3 aromatic carbocycles.